The molecule has 0 N–H and O–H groups in total. The zero-order valence-electron chi connectivity index (χ0n) is 8.22. The molecule has 0 atom stereocenters. The number of nitriles is 1. The third kappa shape index (κ3) is 1.68. The summed E-state index contributed by atoms with van der Waals surface area (Å²) in [6.45, 7) is 1.90. The first kappa shape index (κ1) is 10.9. The zero-order valence-corrected chi connectivity index (χ0v) is 9.81. The Hall–Kier alpha value is -1.21. The van der Waals surface area contributed by atoms with E-state index in [0.717, 1.165) is 10.0 Å². The smallest absolute Gasteiger partial charge is 0.151 e. The molecule has 0 saturated carbocycles. The lowest BCUT2D eigenvalue weighted by molar-refractivity contribution is 0.397. The maximum atomic E-state index is 8.88. The van der Waals surface area contributed by atoms with E-state index in [2.05, 4.69) is 22.0 Å². The molecular weight excluding hydrogens is 246 g/mol. The lowest BCUT2D eigenvalue weighted by Gasteiger charge is -2.11. The SMILES string of the molecule is COc1cc(C#N)c(OC)c(Br)c1C. The minimum atomic E-state index is 0.460. The van der Waals surface area contributed by atoms with Crippen LogP contribution in [0.2, 0.25) is 0 Å². The summed E-state index contributed by atoms with van der Waals surface area (Å²) in [5, 5.41) is 8.88. The van der Waals surface area contributed by atoms with Gasteiger partial charge in [0.2, 0.25) is 0 Å². The molecule has 0 spiro atoms. The van der Waals surface area contributed by atoms with Gasteiger partial charge in [0.25, 0.3) is 0 Å². The molecule has 0 aliphatic heterocycles. The Morgan fingerprint density at radius 1 is 1.36 bits per heavy atom. The molecule has 0 unspecified atom stereocenters. The van der Waals surface area contributed by atoms with E-state index in [4.69, 9.17) is 14.7 Å². The van der Waals surface area contributed by atoms with Crippen LogP contribution in [0.3, 0.4) is 0 Å². The summed E-state index contributed by atoms with van der Waals surface area (Å²) in [5.74, 6) is 1.22. The Labute approximate surface area is 91.4 Å². The molecule has 74 valence electrons. The number of rotatable bonds is 2. The van der Waals surface area contributed by atoms with Gasteiger partial charge in [-0.05, 0) is 22.9 Å². The second kappa shape index (κ2) is 4.34. The Morgan fingerprint density at radius 3 is 2.43 bits per heavy atom. The fraction of sp³-hybridized carbons (Fsp3) is 0.300. The first-order valence-corrected chi connectivity index (χ1v) is 4.76. The topological polar surface area (TPSA) is 42.2 Å². The Morgan fingerprint density at radius 2 is 2.00 bits per heavy atom. The molecule has 1 aromatic carbocycles. The van der Waals surface area contributed by atoms with Crippen LogP contribution in [0.4, 0.5) is 0 Å². The highest BCUT2D eigenvalue weighted by atomic mass is 79.9. The van der Waals surface area contributed by atoms with Gasteiger partial charge in [-0.1, -0.05) is 0 Å². The fourth-order valence-corrected chi connectivity index (χ4v) is 1.77. The van der Waals surface area contributed by atoms with Crippen LogP contribution in [0.15, 0.2) is 10.5 Å². The summed E-state index contributed by atoms with van der Waals surface area (Å²) >= 11 is 3.37. The van der Waals surface area contributed by atoms with E-state index in [1.54, 1.807) is 13.2 Å². The van der Waals surface area contributed by atoms with E-state index >= 15 is 0 Å². The first-order chi connectivity index (χ1) is 6.65. The van der Waals surface area contributed by atoms with Gasteiger partial charge in [0.05, 0.1) is 24.3 Å². The van der Waals surface area contributed by atoms with Crippen molar-refractivity contribution in [2.75, 3.05) is 14.2 Å². The van der Waals surface area contributed by atoms with Gasteiger partial charge in [0.15, 0.2) is 5.75 Å². The van der Waals surface area contributed by atoms with Crippen molar-refractivity contribution in [1.29, 1.82) is 5.26 Å². The molecule has 1 rings (SSSR count). The van der Waals surface area contributed by atoms with Crippen LogP contribution in [0.1, 0.15) is 11.1 Å². The van der Waals surface area contributed by atoms with Crippen molar-refractivity contribution in [1.82, 2.24) is 0 Å². The molecule has 4 heteroatoms. The van der Waals surface area contributed by atoms with Gasteiger partial charge in [-0.25, -0.2) is 0 Å². The molecule has 0 aliphatic carbocycles. The summed E-state index contributed by atoms with van der Waals surface area (Å²) in [6.07, 6.45) is 0. The monoisotopic (exact) mass is 255 g/mol. The normalized spacial score (nSPS) is 9.36. The Kier molecular flexibility index (Phi) is 3.37. The quantitative estimate of drug-likeness (QED) is 0.816. The summed E-state index contributed by atoms with van der Waals surface area (Å²) in [6, 6.07) is 3.72. The predicted octanol–water partition coefficient (Wildman–Crippen LogP) is 2.65. The number of halogens is 1. The molecule has 0 saturated heterocycles. The number of hydrogen-bond acceptors (Lipinski definition) is 3. The Bertz CT molecular complexity index is 396. The maximum Gasteiger partial charge on any atom is 0.151 e. The molecule has 0 aromatic heterocycles. The molecule has 0 bridgehead atoms. The second-order valence-electron chi connectivity index (χ2n) is 2.71. The number of methoxy groups -OCH3 is 2. The molecular formula is C10H10BrNO2. The third-order valence-corrected chi connectivity index (χ3v) is 2.92. The maximum absolute atomic E-state index is 8.88. The van der Waals surface area contributed by atoms with Crippen LogP contribution in [-0.2, 0) is 0 Å². The number of nitrogens with zero attached hydrogens (tertiary/aromatic N) is 1. The van der Waals surface area contributed by atoms with Crippen molar-refractivity contribution in [2.24, 2.45) is 0 Å². The number of benzene rings is 1. The van der Waals surface area contributed by atoms with Gasteiger partial charge < -0.3 is 9.47 Å². The van der Waals surface area contributed by atoms with Gasteiger partial charge in [-0.15, -0.1) is 0 Å². The van der Waals surface area contributed by atoms with Crippen molar-refractivity contribution in [3.8, 4) is 17.6 Å². The fourth-order valence-electron chi connectivity index (χ4n) is 1.20. The highest BCUT2D eigenvalue weighted by Crippen LogP contribution is 2.37. The number of ether oxygens (including phenoxy) is 2. The van der Waals surface area contributed by atoms with Crippen LogP contribution in [0.5, 0.6) is 11.5 Å². The van der Waals surface area contributed by atoms with Gasteiger partial charge in [0.1, 0.15) is 11.8 Å². The van der Waals surface area contributed by atoms with Crippen molar-refractivity contribution in [2.45, 2.75) is 6.92 Å². The van der Waals surface area contributed by atoms with E-state index in [0.29, 0.717) is 17.1 Å². The van der Waals surface area contributed by atoms with Crippen LogP contribution >= 0.6 is 15.9 Å². The van der Waals surface area contributed by atoms with Gasteiger partial charge >= 0.3 is 0 Å². The highest BCUT2D eigenvalue weighted by molar-refractivity contribution is 9.10. The third-order valence-electron chi connectivity index (χ3n) is 1.96. The molecule has 1 aromatic rings. The summed E-state index contributed by atoms with van der Waals surface area (Å²) < 4.78 is 11.0. The average molecular weight is 256 g/mol. The molecule has 0 aliphatic rings. The van der Waals surface area contributed by atoms with Crippen molar-refractivity contribution in [3.05, 3.63) is 21.7 Å². The highest BCUT2D eigenvalue weighted by Gasteiger charge is 2.14. The molecule has 14 heavy (non-hydrogen) atoms. The molecule has 0 radical (unpaired) electrons. The van der Waals surface area contributed by atoms with E-state index in [9.17, 15) is 0 Å². The largest absolute Gasteiger partial charge is 0.496 e. The van der Waals surface area contributed by atoms with Gasteiger partial charge in [-0.2, -0.15) is 5.26 Å². The van der Waals surface area contributed by atoms with Crippen LogP contribution < -0.4 is 9.47 Å². The molecule has 0 fully saturated rings. The van der Waals surface area contributed by atoms with Crippen molar-refractivity contribution < 1.29 is 9.47 Å². The first-order valence-electron chi connectivity index (χ1n) is 3.96. The van der Waals surface area contributed by atoms with Crippen molar-refractivity contribution >= 4 is 15.9 Å². The summed E-state index contributed by atoms with van der Waals surface area (Å²) in [7, 11) is 3.11. The minimum Gasteiger partial charge on any atom is -0.496 e. The van der Waals surface area contributed by atoms with E-state index < -0.39 is 0 Å². The Balaban J connectivity index is 3.48. The van der Waals surface area contributed by atoms with Crippen molar-refractivity contribution in [3.63, 3.8) is 0 Å². The lowest BCUT2D eigenvalue weighted by Crippen LogP contribution is -1.95. The predicted molar refractivity (Wildman–Crippen MR) is 56.7 cm³/mol. The zero-order chi connectivity index (χ0) is 10.7. The summed E-state index contributed by atoms with van der Waals surface area (Å²) in [4.78, 5) is 0. The summed E-state index contributed by atoms with van der Waals surface area (Å²) in [5.41, 5.74) is 1.38. The van der Waals surface area contributed by atoms with E-state index in [1.165, 1.54) is 7.11 Å². The van der Waals surface area contributed by atoms with Gasteiger partial charge in [-0.3, -0.25) is 0 Å². The molecule has 0 heterocycles. The standard InChI is InChI=1S/C10H10BrNO2/c1-6-8(13-2)4-7(5-12)10(14-3)9(6)11/h4H,1-3H3. The molecule has 3 nitrogen and oxygen atoms in total. The van der Waals surface area contributed by atoms with Gasteiger partial charge in [0, 0.05) is 11.6 Å². The second-order valence-corrected chi connectivity index (χ2v) is 3.50. The van der Waals surface area contributed by atoms with E-state index in [-0.39, 0.29) is 0 Å². The average Bonchev–Trinajstić information content (AvgIpc) is 2.21. The number of hydrogen-bond donors (Lipinski definition) is 0. The van der Waals surface area contributed by atoms with Crippen LogP contribution in [0.25, 0.3) is 0 Å². The van der Waals surface area contributed by atoms with Crippen LogP contribution in [-0.4, -0.2) is 14.2 Å². The lowest BCUT2D eigenvalue weighted by atomic mass is 10.1. The molecule has 0 amide bonds. The van der Waals surface area contributed by atoms with Crippen LogP contribution in [0, 0.1) is 18.3 Å². The van der Waals surface area contributed by atoms with E-state index in [1.807, 2.05) is 6.92 Å². The minimum absolute atomic E-state index is 0.460.